The Bertz CT molecular complexity index is 366. The molecule has 0 aromatic heterocycles. The molecule has 0 saturated carbocycles. The van der Waals surface area contributed by atoms with Gasteiger partial charge >= 0.3 is 28.7 Å². The Morgan fingerprint density at radius 3 is 1.69 bits per heavy atom. The van der Waals surface area contributed by atoms with E-state index in [1.54, 1.807) is 30.3 Å². The maximum atomic E-state index is 10.2. The zero-order chi connectivity index (χ0) is 12.6. The van der Waals surface area contributed by atoms with Crippen molar-refractivity contribution in [1.29, 1.82) is 0 Å². The lowest BCUT2D eigenvalue weighted by atomic mass is 10.2. The zero-order valence-corrected chi connectivity index (χ0v) is 9.31. The summed E-state index contributed by atoms with van der Waals surface area (Å²) in [5, 5.41) is 8.38. The molecule has 1 aromatic rings. The number of carbonyl (C=O) groups is 1. The van der Waals surface area contributed by atoms with Gasteiger partial charge in [-0.3, -0.25) is 9.11 Å². The van der Waals surface area contributed by atoms with Crippen LogP contribution in [0.4, 0.5) is 0 Å². The van der Waals surface area contributed by atoms with Crippen molar-refractivity contribution in [3.05, 3.63) is 35.9 Å². The van der Waals surface area contributed by atoms with Crippen molar-refractivity contribution >= 4 is 28.7 Å². The minimum Gasteiger partial charge on any atom is -0.478 e. The third kappa shape index (κ3) is 8.20. The highest BCUT2D eigenvalue weighted by Crippen LogP contribution is 1.96. The largest absolute Gasteiger partial charge is 0.478 e. The number of aromatic carboxylic acids is 1. The Balaban J connectivity index is 0.000000293. The van der Waals surface area contributed by atoms with E-state index in [1.807, 2.05) is 0 Å². The van der Waals surface area contributed by atoms with Gasteiger partial charge in [0.05, 0.1) is 5.56 Å². The van der Waals surface area contributed by atoms with Crippen LogP contribution < -0.4 is 0 Å². The van der Waals surface area contributed by atoms with Gasteiger partial charge in [0.1, 0.15) is 0 Å². The molecule has 0 spiro atoms. The molecule has 90 valence electrons. The van der Waals surface area contributed by atoms with Crippen LogP contribution in [-0.4, -0.2) is 28.6 Å². The second kappa shape index (κ2) is 8.07. The molecule has 0 heterocycles. The van der Waals surface area contributed by atoms with Crippen LogP contribution in [0.5, 0.6) is 0 Å². The lowest BCUT2D eigenvalue weighted by molar-refractivity contribution is 0.0697. The fraction of sp³-hybridized carbons (Fsp3) is 0. The van der Waals surface area contributed by atoms with Gasteiger partial charge < -0.3 is 5.11 Å². The SMILES string of the molecule is O=C(O)c1ccccc1.O=S(O)OS(=O)O. The van der Waals surface area contributed by atoms with Gasteiger partial charge in [0.2, 0.25) is 0 Å². The van der Waals surface area contributed by atoms with E-state index < -0.39 is 28.7 Å². The van der Waals surface area contributed by atoms with Crippen molar-refractivity contribution in [2.45, 2.75) is 0 Å². The van der Waals surface area contributed by atoms with E-state index in [4.69, 9.17) is 14.2 Å². The normalized spacial score (nSPS) is 13.1. The molecule has 0 saturated heterocycles. The Hall–Kier alpha value is -1.13. The van der Waals surface area contributed by atoms with Gasteiger partial charge in [0.15, 0.2) is 0 Å². The minimum absolute atomic E-state index is 0.331. The molecule has 9 heteroatoms. The molecule has 1 rings (SSSR count). The van der Waals surface area contributed by atoms with Gasteiger partial charge in [-0.05, 0) is 12.1 Å². The first-order chi connectivity index (χ1) is 7.43. The second-order valence-electron chi connectivity index (χ2n) is 2.17. The van der Waals surface area contributed by atoms with E-state index in [0.29, 0.717) is 5.56 Å². The van der Waals surface area contributed by atoms with Gasteiger partial charge in [-0.2, -0.15) is 8.42 Å². The Kier molecular flexibility index (Phi) is 7.50. The molecular weight excluding hydrogens is 260 g/mol. The third-order valence-electron chi connectivity index (χ3n) is 1.14. The van der Waals surface area contributed by atoms with Crippen molar-refractivity contribution in [2.75, 3.05) is 0 Å². The third-order valence-corrected chi connectivity index (χ3v) is 2.07. The van der Waals surface area contributed by atoms with Gasteiger partial charge in [0, 0.05) is 0 Å². The molecule has 3 N–H and O–H groups in total. The smallest absolute Gasteiger partial charge is 0.335 e. The first-order valence-electron chi connectivity index (χ1n) is 3.62. The van der Waals surface area contributed by atoms with Gasteiger partial charge in [-0.15, -0.1) is 3.63 Å². The summed E-state index contributed by atoms with van der Waals surface area (Å²) < 4.78 is 37.2. The topological polar surface area (TPSA) is 121 Å². The van der Waals surface area contributed by atoms with E-state index in [1.165, 1.54) is 0 Å². The van der Waals surface area contributed by atoms with E-state index >= 15 is 0 Å². The maximum Gasteiger partial charge on any atom is 0.335 e. The summed E-state index contributed by atoms with van der Waals surface area (Å²) in [6.07, 6.45) is 0. The molecule has 0 aliphatic carbocycles. The highest BCUT2D eigenvalue weighted by molar-refractivity contribution is 7.87. The number of carboxylic acid groups (broad SMARTS) is 1. The van der Waals surface area contributed by atoms with E-state index in [9.17, 15) is 13.2 Å². The summed E-state index contributed by atoms with van der Waals surface area (Å²) in [4.78, 5) is 10.2. The van der Waals surface area contributed by atoms with Gasteiger partial charge in [-0.1, -0.05) is 18.2 Å². The molecule has 16 heavy (non-hydrogen) atoms. The highest BCUT2D eigenvalue weighted by atomic mass is 32.3. The molecule has 0 fully saturated rings. The number of carboxylic acids is 1. The van der Waals surface area contributed by atoms with Gasteiger partial charge in [-0.25, -0.2) is 4.79 Å². The van der Waals surface area contributed by atoms with Crippen molar-refractivity contribution in [3.8, 4) is 0 Å². The number of benzene rings is 1. The van der Waals surface area contributed by atoms with Crippen molar-refractivity contribution in [3.63, 3.8) is 0 Å². The molecule has 0 bridgehead atoms. The van der Waals surface area contributed by atoms with E-state index in [0.717, 1.165) is 0 Å². The first-order valence-corrected chi connectivity index (χ1v) is 5.68. The van der Waals surface area contributed by atoms with Crippen molar-refractivity contribution < 1.29 is 31.1 Å². The van der Waals surface area contributed by atoms with Crippen LogP contribution >= 0.6 is 0 Å². The monoisotopic (exact) mass is 268 g/mol. The minimum atomic E-state index is -2.65. The number of rotatable bonds is 3. The molecule has 0 unspecified atom stereocenters. The number of hydrogen-bond acceptors (Lipinski definition) is 4. The van der Waals surface area contributed by atoms with Crippen LogP contribution in [0.15, 0.2) is 30.3 Å². The quantitative estimate of drug-likeness (QED) is 0.688. The number of hydrogen-bond donors (Lipinski definition) is 3. The maximum absolute atomic E-state index is 10.2. The predicted octanol–water partition coefficient (Wildman–Crippen LogP) is 0.661. The Labute approximate surface area is 96.0 Å². The Morgan fingerprint density at radius 1 is 1.06 bits per heavy atom. The van der Waals surface area contributed by atoms with Crippen LogP contribution in [-0.2, 0) is 26.4 Å². The molecule has 0 radical (unpaired) electrons. The van der Waals surface area contributed by atoms with Gasteiger partial charge in [0.25, 0.3) is 0 Å². The van der Waals surface area contributed by atoms with E-state index in [-0.39, 0.29) is 0 Å². The summed E-state index contributed by atoms with van der Waals surface area (Å²) in [6, 6.07) is 8.30. The molecule has 0 aliphatic rings. The summed E-state index contributed by atoms with van der Waals surface area (Å²) >= 11 is -5.29. The second-order valence-corrected chi connectivity index (χ2v) is 3.59. The fourth-order valence-electron chi connectivity index (χ4n) is 0.631. The highest BCUT2D eigenvalue weighted by Gasteiger charge is 1.96. The molecule has 1 aromatic carbocycles. The van der Waals surface area contributed by atoms with Crippen LogP contribution in [0.1, 0.15) is 10.4 Å². The average Bonchev–Trinajstić information content (AvgIpc) is 2.17. The standard InChI is InChI=1S/C7H6O2.H2O5S2/c8-7(9)6-4-2-1-3-5-6;1-6(2)5-7(3)4/h1-5H,(H,8,9);(H,1,2)(H,3,4). The molecule has 0 atom stereocenters. The zero-order valence-electron chi connectivity index (χ0n) is 7.68. The van der Waals surface area contributed by atoms with Crippen LogP contribution in [0, 0.1) is 0 Å². The lowest BCUT2D eigenvalue weighted by Crippen LogP contribution is -1.96. The average molecular weight is 268 g/mol. The molecule has 0 aliphatic heterocycles. The summed E-state index contributed by atoms with van der Waals surface area (Å²) in [5.74, 6) is -0.879. The Morgan fingerprint density at radius 2 is 1.50 bits per heavy atom. The van der Waals surface area contributed by atoms with Crippen LogP contribution in [0.2, 0.25) is 0 Å². The van der Waals surface area contributed by atoms with Crippen molar-refractivity contribution in [1.82, 2.24) is 0 Å². The van der Waals surface area contributed by atoms with E-state index in [2.05, 4.69) is 3.63 Å². The van der Waals surface area contributed by atoms with Crippen LogP contribution in [0.3, 0.4) is 0 Å². The fourth-order valence-corrected chi connectivity index (χ4v) is 1.03. The summed E-state index contributed by atoms with van der Waals surface area (Å²) in [6.45, 7) is 0. The molecule has 7 nitrogen and oxygen atoms in total. The summed E-state index contributed by atoms with van der Waals surface area (Å²) in [7, 11) is 0. The summed E-state index contributed by atoms with van der Waals surface area (Å²) in [5.41, 5.74) is 0.331. The molecule has 0 amide bonds. The lowest BCUT2D eigenvalue weighted by Gasteiger charge is -1.88. The van der Waals surface area contributed by atoms with Crippen LogP contribution in [0.25, 0.3) is 0 Å². The predicted molar refractivity (Wildman–Crippen MR) is 56.0 cm³/mol. The van der Waals surface area contributed by atoms with Crippen molar-refractivity contribution in [2.24, 2.45) is 0 Å². The molecular formula is C7H8O7S2. The first kappa shape index (κ1) is 14.9.